The highest BCUT2D eigenvalue weighted by Gasteiger charge is 2.52. The predicted molar refractivity (Wildman–Crippen MR) is 57.6 cm³/mol. The molecule has 0 aromatic heterocycles. The summed E-state index contributed by atoms with van der Waals surface area (Å²) >= 11 is 0. The summed E-state index contributed by atoms with van der Waals surface area (Å²) in [6.45, 7) is 0.785. The van der Waals surface area contributed by atoms with Gasteiger partial charge in [0.1, 0.15) is 11.4 Å². The molecule has 1 aromatic rings. The third-order valence-electron chi connectivity index (χ3n) is 3.09. The van der Waals surface area contributed by atoms with E-state index in [2.05, 4.69) is 5.32 Å². The van der Waals surface area contributed by atoms with Gasteiger partial charge in [-0.1, -0.05) is 12.1 Å². The fraction of sp³-hybridized carbons (Fsp3) is 0.250. The van der Waals surface area contributed by atoms with Crippen molar-refractivity contribution in [3.05, 3.63) is 41.4 Å². The number of halogens is 1. The zero-order chi connectivity index (χ0) is 12.0. The molecule has 1 aromatic carbocycles. The average Bonchev–Trinajstić information content (AvgIpc) is 2.50. The summed E-state index contributed by atoms with van der Waals surface area (Å²) < 4.78 is 18.3. The molecule has 5 heteroatoms. The Morgan fingerprint density at radius 1 is 1.41 bits per heavy atom. The normalized spacial score (nSPS) is 21.6. The van der Waals surface area contributed by atoms with Gasteiger partial charge in [-0.15, -0.1) is 0 Å². The third kappa shape index (κ3) is 1.36. The molecule has 88 valence electrons. The first-order valence-corrected chi connectivity index (χ1v) is 5.26. The Hall–Kier alpha value is -1.88. The maximum atomic E-state index is 13.1. The predicted octanol–water partition coefficient (Wildman–Crippen LogP) is 0.994. The number of hydrogen-bond acceptors (Lipinski definition) is 4. The first kappa shape index (κ1) is 10.3. The molecule has 4 nitrogen and oxygen atoms in total. The summed E-state index contributed by atoms with van der Waals surface area (Å²) in [4.78, 5) is 11.7. The first-order chi connectivity index (χ1) is 8.12. The van der Waals surface area contributed by atoms with Crippen LogP contribution in [0.15, 0.2) is 30.0 Å². The molecule has 1 fully saturated rings. The third-order valence-corrected chi connectivity index (χ3v) is 3.09. The van der Waals surface area contributed by atoms with Crippen LogP contribution in [0.4, 0.5) is 4.39 Å². The Balaban J connectivity index is 2.10. The molecule has 1 saturated heterocycles. The highest BCUT2D eigenvalue weighted by atomic mass is 19.1. The van der Waals surface area contributed by atoms with E-state index in [-0.39, 0.29) is 11.3 Å². The molecular weight excluding hydrogens is 225 g/mol. The Kier molecular flexibility index (Phi) is 2.00. The minimum atomic E-state index is -0.932. The minimum absolute atomic E-state index is 0.0611. The zero-order valence-corrected chi connectivity index (χ0v) is 8.87. The minimum Gasteiger partial charge on any atom is -0.507 e. The van der Waals surface area contributed by atoms with Crippen molar-refractivity contribution in [2.75, 3.05) is 13.1 Å². The standard InChI is InChI=1S/C12H10FNO3/c13-8-3-1-2-7(4-8)9-10(15)12(5-14-6-12)17-11(9)16/h1-4,14-15H,5-6H2. The van der Waals surface area contributed by atoms with Crippen LogP contribution in [0.25, 0.3) is 5.57 Å². The molecule has 0 atom stereocenters. The summed E-state index contributed by atoms with van der Waals surface area (Å²) in [7, 11) is 0. The van der Waals surface area contributed by atoms with E-state index in [1.165, 1.54) is 18.2 Å². The lowest BCUT2D eigenvalue weighted by Crippen LogP contribution is -2.60. The summed E-state index contributed by atoms with van der Waals surface area (Å²) in [5.74, 6) is -1.16. The molecular formula is C12H10FNO3. The lowest BCUT2D eigenvalue weighted by Gasteiger charge is -2.36. The van der Waals surface area contributed by atoms with Crippen molar-refractivity contribution < 1.29 is 19.0 Å². The van der Waals surface area contributed by atoms with Gasteiger partial charge in [-0.25, -0.2) is 9.18 Å². The van der Waals surface area contributed by atoms with Crippen LogP contribution in [-0.4, -0.2) is 29.8 Å². The molecule has 17 heavy (non-hydrogen) atoms. The molecule has 0 amide bonds. The second-order valence-corrected chi connectivity index (χ2v) is 4.22. The number of aliphatic hydroxyl groups is 1. The number of rotatable bonds is 1. The van der Waals surface area contributed by atoms with Crippen LogP contribution in [0, 0.1) is 5.82 Å². The molecule has 0 saturated carbocycles. The van der Waals surface area contributed by atoms with Gasteiger partial charge in [-0.3, -0.25) is 0 Å². The van der Waals surface area contributed by atoms with Crippen molar-refractivity contribution in [3.8, 4) is 0 Å². The van der Waals surface area contributed by atoms with Crippen molar-refractivity contribution in [1.29, 1.82) is 0 Å². The van der Waals surface area contributed by atoms with Crippen LogP contribution in [0.5, 0.6) is 0 Å². The molecule has 2 heterocycles. The lowest BCUT2D eigenvalue weighted by atomic mass is 9.92. The largest absolute Gasteiger partial charge is 0.507 e. The number of hydrogen-bond donors (Lipinski definition) is 2. The Morgan fingerprint density at radius 2 is 2.18 bits per heavy atom. The fourth-order valence-corrected chi connectivity index (χ4v) is 2.09. The number of benzene rings is 1. The second kappa shape index (κ2) is 3.30. The number of esters is 1. The number of ether oxygens (including phenoxy) is 1. The van der Waals surface area contributed by atoms with Crippen LogP contribution >= 0.6 is 0 Å². The lowest BCUT2D eigenvalue weighted by molar-refractivity contribution is -0.150. The zero-order valence-electron chi connectivity index (χ0n) is 8.87. The summed E-state index contributed by atoms with van der Waals surface area (Å²) in [6.07, 6.45) is 0. The number of nitrogens with one attached hydrogen (secondary N) is 1. The van der Waals surface area contributed by atoms with E-state index < -0.39 is 17.4 Å². The van der Waals surface area contributed by atoms with E-state index in [4.69, 9.17) is 4.74 Å². The summed E-state index contributed by atoms with van der Waals surface area (Å²) in [6, 6.07) is 5.54. The van der Waals surface area contributed by atoms with Gasteiger partial charge in [-0.05, 0) is 17.7 Å². The van der Waals surface area contributed by atoms with Crippen LogP contribution in [0.1, 0.15) is 5.56 Å². The first-order valence-electron chi connectivity index (χ1n) is 5.26. The van der Waals surface area contributed by atoms with E-state index in [1.54, 1.807) is 6.07 Å². The number of carbonyl (C=O) groups is 1. The Labute approximate surface area is 96.7 Å². The number of carbonyl (C=O) groups excluding carboxylic acids is 1. The second-order valence-electron chi connectivity index (χ2n) is 4.22. The fourth-order valence-electron chi connectivity index (χ4n) is 2.09. The highest BCUT2D eigenvalue weighted by Crippen LogP contribution is 2.38. The van der Waals surface area contributed by atoms with E-state index in [1.807, 2.05) is 0 Å². The van der Waals surface area contributed by atoms with Gasteiger partial charge in [-0.2, -0.15) is 0 Å². The molecule has 0 radical (unpaired) electrons. The Bertz CT molecular complexity index is 534. The molecule has 2 N–H and O–H groups in total. The summed E-state index contributed by atoms with van der Waals surface area (Å²) in [5.41, 5.74) is -0.527. The van der Waals surface area contributed by atoms with E-state index in [0.29, 0.717) is 18.7 Å². The van der Waals surface area contributed by atoms with E-state index >= 15 is 0 Å². The molecule has 2 aliphatic heterocycles. The maximum absolute atomic E-state index is 13.1. The van der Waals surface area contributed by atoms with Crippen LogP contribution < -0.4 is 5.32 Å². The monoisotopic (exact) mass is 235 g/mol. The van der Waals surface area contributed by atoms with Crippen LogP contribution in [-0.2, 0) is 9.53 Å². The van der Waals surface area contributed by atoms with Gasteiger partial charge < -0.3 is 15.2 Å². The van der Waals surface area contributed by atoms with Gasteiger partial charge >= 0.3 is 5.97 Å². The van der Waals surface area contributed by atoms with E-state index in [9.17, 15) is 14.3 Å². The van der Waals surface area contributed by atoms with Gasteiger partial charge in [0.2, 0.25) is 0 Å². The Morgan fingerprint density at radius 3 is 2.71 bits per heavy atom. The van der Waals surface area contributed by atoms with Crippen molar-refractivity contribution in [2.24, 2.45) is 0 Å². The SMILES string of the molecule is O=C1OC2(CNC2)C(O)=C1c1cccc(F)c1. The number of aliphatic hydroxyl groups excluding tert-OH is 1. The molecule has 0 unspecified atom stereocenters. The van der Waals surface area contributed by atoms with Crippen LogP contribution in [0.3, 0.4) is 0 Å². The quantitative estimate of drug-likeness (QED) is 0.713. The van der Waals surface area contributed by atoms with Crippen molar-refractivity contribution >= 4 is 11.5 Å². The van der Waals surface area contributed by atoms with Gasteiger partial charge in [0.15, 0.2) is 11.4 Å². The van der Waals surface area contributed by atoms with Crippen molar-refractivity contribution in [2.45, 2.75) is 5.60 Å². The van der Waals surface area contributed by atoms with E-state index in [0.717, 1.165) is 0 Å². The molecule has 0 aliphatic carbocycles. The van der Waals surface area contributed by atoms with Gasteiger partial charge in [0.25, 0.3) is 0 Å². The molecule has 0 bridgehead atoms. The summed E-state index contributed by atoms with van der Waals surface area (Å²) in [5, 5.41) is 13.0. The molecule has 2 aliphatic rings. The molecule has 1 spiro atoms. The van der Waals surface area contributed by atoms with Crippen LogP contribution in [0.2, 0.25) is 0 Å². The highest BCUT2D eigenvalue weighted by molar-refractivity contribution is 6.19. The molecule has 3 rings (SSSR count). The van der Waals surface area contributed by atoms with Gasteiger partial charge in [0.05, 0.1) is 0 Å². The van der Waals surface area contributed by atoms with Crippen molar-refractivity contribution in [3.63, 3.8) is 0 Å². The van der Waals surface area contributed by atoms with Crippen molar-refractivity contribution in [1.82, 2.24) is 5.32 Å². The maximum Gasteiger partial charge on any atom is 0.343 e. The smallest absolute Gasteiger partial charge is 0.343 e. The average molecular weight is 235 g/mol. The topological polar surface area (TPSA) is 58.6 Å². The van der Waals surface area contributed by atoms with Gasteiger partial charge in [0, 0.05) is 13.1 Å².